The highest BCUT2D eigenvalue weighted by Crippen LogP contribution is 2.28. The topological polar surface area (TPSA) is 41.6 Å². The van der Waals surface area contributed by atoms with E-state index in [0.29, 0.717) is 22.6 Å². The molecule has 0 spiro atoms. The Morgan fingerprint density at radius 2 is 1.84 bits per heavy atom. The van der Waals surface area contributed by atoms with Gasteiger partial charge in [-0.2, -0.15) is 8.78 Å². The van der Waals surface area contributed by atoms with Crippen LogP contribution in [-0.2, 0) is 0 Å². The zero-order valence-corrected chi connectivity index (χ0v) is 15.8. The van der Waals surface area contributed by atoms with Gasteiger partial charge in [0.25, 0.3) is 5.91 Å². The highest BCUT2D eigenvalue weighted by molar-refractivity contribution is 5.95. The van der Waals surface area contributed by atoms with Gasteiger partial charge < -0.3 is 15.0 Å². The first-order valence-electron chi connectivity index (χ1n) is 8.42. The van der Waals surface area contributed by atoms with Gasteiger partial charge in [-0.25, -0.2) is 0 Å². The molecule has 0 saturated carbocycles. The molecule has 1 aromatic carbocycles. The fourth-order valence-corrected chi connectivity index (χ4v) is 3.30. The zero-order chi connectivity index (χ0) is 17.7. The summed E-state index contributed by atoms with van der Waals surface area (Å²) in [5, 5.41) is 3.16. The molecule has 1 heterocycles. The summed E-state index contributed by atoms with van der Waals surface area (Å²) < 4.78 is 29.5. The number of carbonyl (C=O) groups excluding carboxylic acids is 1. The molecule has 0 radical (unpaired) electrons. The molecule has 25 heavy (non-hydrogen) atoms. The third kappa shape index (κ3) is 5.82. The lowest BCUT2D eigenvalue weighted by atomic mass is 9.93. The van der Waals surface area contributed by atoms with Crippen LogP contribution in [0, 0.1) is 19.8 Å². The largest absolute Gasteiger partial charge is 0.434 e. The van der Waals surface area contributed by atoms with E-state index in [-0.39, 0.29) is 24.1 Å². The molecular formula is C18H27ClF2N2O2. The smallest absolute Gasteiger partial charge is 0.387 e. The third-order valence-electron chi connectivity index (χ3n) is 4.62. The van der Waals surface area contributed by atoms with Gasteiger partial charge >= 0.3 is 6.61 Å². The van der Waals surface area contributed by atoms with Crippen LogP contribution in [0.4, 0.5) is 8.78 Å². The van der Waals surface area contributed by atoms with Gasteiger partial charge in [0.2, 0.25) is 0 Å². The van der Waals surface area contributed by atoms with Crippen LogP contribution in [0.3, 0.4) is 0 Å². The van der Waals surface area contributed by atoms with Crippen molar-refractivity contribution < 1.29 is 18.3 Å². The van der Waals surface area contributed by atoms with E-state index in [1.165, 1.54) is 0 Å². The van der Waals surface area contributed by atoms with Crippen LogP contribution in [0.5, 0.6) is 5.75 Å². The van der Waals surface area contributed by atoms with E-state index < -0.39 is 6.61 Å². The quantitative estimate of drug-likeness (QED) is 0.821. The minimum Gasteiger partial charge on any atom is -0.434 e. The van der Waals surface area contributed by atoms with Crippen molar-refractivity contribution in [2.75, 3.05) is 26.7 Å². The van der Waals surface area contributed by atoms with Crippen molar-refractivity contribution in [1.29, 1.82) is 0 Å². The van der Waals surface area contributed by atoms with Crippen molar-refractivity contribution in [3.8, 4) is 5.75 Å². The summed E-state index contributed by atoms with van der Waals surface area (Å²) in [6, 6.07) is 3.28. The van der Waals surface area contributed by atoms with E-state index in [9.17, 15) is 13.6 Å². The summed E-state index contributed by atoms with van der Waals surface area (Å²) in [6.07, 6.45) is 3.16. The number of nitrogens with zero attached hydrogens (tertiary/aromatic N) is 1. The Labute approximate surface area is 154 Å². The van der Waals surface area contributed by atoms with Gasteiger partial charge in [0.1, 0.15) is 5.75 Å². The predicted molar refractivity (Wildman–Crippen MR) is 97.0 cm³/mol. The molecular weight excluding hydrogens is 350 g/mol. The van der Waals surface area contributed by atoms with Crippen molar-refractivity contribution in [3.05, 3.63) is 28.8 Å². The Morgan fingerprint density at radius 1 is 1.28 bits per heavy atom. The molecule has 2 rings (SSSR count). The Kier molecular flexibility index (Phi) is 8.59. The second kappa shape index (κ2) is 9.92. The van der Waals surface area contributed by atoms with Gasteiger partial charge in [0.05, 0.1) is 0 Å². The van der Waals surface area contributed by atoms with Crippen LogP contribution >= 0.6 is 12.4 Å². The van der Waals surface area contributed by atoms with E-state index >= 15 is 0 Å². The number of nitrogens with one attached hydrogen (secondary N) is 1. The number of ether oxygens (including phenoxy) is 1. The van der Waals surface area contributed by atoms with Crippen molar-refractivity contribution in [2.45, 2.75) is 39.7 Å². The van der Waals surface area contributed by atoms with Crippen molar-refractivity contribution in [1.82, 2.24) is 10.2 Å². The number of aryl methyl sites for hydroxylation is 2. The summed E-state index contributed by atoms with van der Waals surface area (Å²) in [7, 11) is 1.95. The van der Waals surface area contributed by atoms with Crippen molar-refractivity contribution in [3.63, 3.8) is 0 Å². The average molecular weight is 377 g/mol. The van der Waals surface area contributed by atoms with Gasteiger partial charge in [0.15, 0.2) is 0 Å². The molecule has 1 saturated heterocycles. The third-order valence-corrected chi connectivity index (χ3v) is 4.62. The van der Waals surface area contributed by atoms with Crippen LogP contribution in [0.25, 0.3) is 0 Å². The standard InChI is InChI=1S/C18H26F2N2O2.ClH/c1-12-10-15(11-13(2)16(12)24-18(19)20)17(23)22-8-5-14(6-9-22)4-7-21-3;/h10-11,14,18,21H,4-9H2,1-3H3;1H. The highest BCUT2D eigenvalue weighted by Gasteiger charge is 2.24. The normalized spacial score (nSPS) is 15.2. The van der Waals surface area contributed by atoms with Crippen molar-refractivity contribution in [2.24, 2.45) is 5.92 Å². The second-order valence-corrected chi connectivity index (χ2v) is 6.45. The number of benzene rings is 1. The molecule has 0 bridgehead atoms. The second-order valence-electron chi connectivity index (χ2n) is 6.45. The average Bonchev–Trinajstić information content (AvgIpc) is 2.55. The molecule has 1 aromatic rings. The molecule has 7 heteroatoms. The highest BCUT2D eigenvalue weighted by atomic mass is 35.5. The Morgan fingerprint density at radius 3 is 2.32 bits per heavy atom. The Balaban J connectivity index is 0.00000312. The maximum Gasteiger partial charge on any atom is 0.387 e. The number of rotatable bonds is 6. The van der Waals surface area contributed by atoms with Gasteiger partial charge in [-0.1, -0.05) is 0 Å². The van der Waals surface area contributed by atoms with Gasteiger partial charge in [-0.05, 0) is 75.9 Å². The first kappa shape index (κ1) is 21.6. The maximum atomic E-state index is 12.7. The molecule has 1 N–H and O–H groups in total. The minimum absolute atomic E-state index is 0. The van der Waals surface area contributed by atoms with E-state index in [1.807, 2.05) is 11.9 Å². The fraction of sp³-hybridized carbons (Fsp3) is 0.611. The van der Waals surface area contributed by atoms with Gasteiger partial charge in [-0.3, -0.25) is 4.79 Å². The number of likely N-dealkylation sites (tertiary alicyclic amines) is 1. The number of hydrogen-bond donors (Lipinski definition) is 1. The van der Waals surface area contributed by atoms with E-state index in [2.05, 4.69) is 10.1 Å². The van der Waals surface area contributed by atoms with E-state index in [1.54, 1.807) is 26.0 Å². The lowest BCUT2D eigenvalue weighted by Crippen LogP contribution is -2.39. The Hall–Kier alpha value is -1.40. The molecule has 0 unspecified atom stereocenters. The number of halogens is 3. The summed E-state index contributed by atoms with van der Waals surface area (Å²) in [5.41, 5.74) is 1.66. The molecule has 1 fully saturated rings. The molecule has 1 amide bonds. The van der Waals surface area contributed by atoms with Gasteiger partial charge in [-0.15, -0.1) is 12.4 Å². The lowest BCUT2D eigenvalue weighted by Gasteiger charge is -2.32. The van der Waals surface area contributed by atoms with E-state index in [0.717, 1.165) is 38.9 Å². The molecule has 1 aliphatic heterocycles. The van der Waals surface area contributed by atoms with Crippen LogP contribution in [0.15, 0.2) is 12.1 Å². The summed E-state index contributed by atoms with van der Waals surface area (Å²) in [6.45, 7) is 3.02. The number of amides is 1. The molecule has 0 aromatic heterocycles. The summed E-state index contributed by atoms with van der Waals surface area (Å²) in [4.78, 5) is 14.5. The van der Waals surface area contributed by atoms with Crippen LogP contribution in [-0.4, -0.2) is 44.1 Å². The monoisotopic (exact) mass is 376 g/mol. The number of alkyl halides is 2. The molecule has 0 atom stereocenters. The number of hydrogen-bond acceptors (Lipinski definition) is 3. The Bertz CT molecular complexity index is 553. The van der Waals surface area contributed by atoms with E-state index in [4.69, 9.17) is 0 Å². The fourth-order valence-electron chi connectivity index (χ4n) is 3.30. The van der Waals surface area contributed by atoms with Crippen molar-refractivity contribution >= 4 is 18.3 Å². The zero-order valence-electron chi connectivity index (χ0n) is 15.0. The van der Waals surface area contributed by atoms with Crippen LogP contribution in [0.2, 0.25) is 0 Å². The summed E-state index contributed by atoms with van der Waals surface area (Å²) in [5.74, 6) is 0.788. The first-order valence-corrected chi connectivity index (χ1v) is 8.42. The minimum atomic E-state index is -2.86. The SMILES string of the molecule is CNCCC1CCN(C(=O)c2cc(C)c(OC(F)F)c(C)c2)CC1.Cl. The lowest BCUT2D eigenvalue weighted by molar-refractivity contribution is -0.0507. The molecule has 4 nitrogen and oxygen atoms in total. The first-order chi connectivity index (χ1) is 11.4. The molecule has 0 aliphatic carbocycles. The summed E-state index contributed by atoms with van der Waals surface area (Å²) >= 11 is 0. The van der Waals surface area contributed by atoms with Crippen LogP contribution in [0.1, 0.15) is 40.7 Å². The molecule has 1 aliphatic rings. The number of piperidine rings is 1. The number of carbonyl (C=O) groups is 1. The van der Waals surface area contributed by atoms with Crippen LogP contribution < -0.4 is 10.1 Å². The molecule has 142 valence electrons. The predicted octanol–water partition coefficient (Wildman–Crippen LogP) is 3.79. The maximum absolute atomic E-state index is 12.7. The van der Waals surface area contributed by atoms with Gasteiger partial charge in [0, 0.05) is 18.7 Å².